The molecule has 0 spiro atoms. The molecule has 4 heterocycles. The summed E-state index contributed by atoms with van der Waals surface area (Å²) in [7, 11) is 0. The van der Waals surface area contributed by atoms with E-state index in [1.54, 1.807) is 0 Å². The minimum absolute atomic E-state index is 0.0326. The van der Waals surface area contributed by atoms with Crippen molar-refractivity contribution in [3.8, 4) is 17.0 Å². The highest BCUT2D eigenvalue weighted by atomic mass is 35.5. The van der Waals surface area contributed by atoms with Gasteiger partial charge in [-0.1, -0.05) is 11.6 Å². The van der Waals surface area contributed by atoms with Crippen LogP contribution >= 0.6 is 11.6 Å². The molecule has 2 aromatic heterocycles. The number of nitrogens with zero attached hydrogens (tertiary/aromatic N) is 4. The summed E-state index contributed by atoms with van der Waals surface area (Å²) in [4.78, 5) is 13.1. The van der Waals surface area contributed by atoms with Crippen LogP contribution < -0.4 is 10.1 Å². The largest absolute Gasteiger partial charge is 0.488 e. The van der Waals surface area contributed by atoms with Crippen LogP contribution in [0.25, 0.3) is 22.3 Å². The lowest BCUT2D eigenvalue weighted by Crippen LogP contribution is -2.42. The fourth-order valence-corrected chi connectivity index (χ4v) is 4.33. The first-order valence-electron chi connectivity index (χ1n) is 9.83. The van der Waals surface area contributed by atoms with Gasteiger partial charge in [-0.15, -0.1) is 0 Å². The number of aliphatic hydroxyl groups is 1. The van der Waals surface area contributed by atoms with Gasteiger partial charge in [-0.3, -0.25) is 0 Å². The first-order valence-corrected chi connectivity index (χ1v) is 10.2. The van der Waals surface area contributed by atoms with Gasteiger partial charge in [0.05, 0.1) is 41.7 Å². The molecule has 3 atom stereocenters. The van der Waals surface area contributed by atoms with Crippen molar-refractivity contribution in [2.24, 2.45) is 0 Å². The summed E-state index contributed by atoms with van der Waals surface area (Å²) in [5, 5.41) is 13.5. The monoisotopic (exact) mass is 433 g/mol. The summed E-state index contributed by atoms with van der Waals surface area (Å²) < 4.78 is 28.2. The Morgan fingerprint density at radius 1 is 1.33 bits per heavy atom. The van der Waals surface area contributed by atoms with Crippen LogP contribution in [0.4, 0.5) is 10.3 Å². The van der Waals surface area contributed by atoms with Gasteiger partial charge in [0.1, 0.15) is 23.5 Å². The predicted molar refractivity (Wildman–Crippen MR) is 110 cm³/mol. The highest BCUT2D eigenvalue weighted by molar-refractivity contribution is 6.33. The number of aliphatic hydroxyl groups excluding tert-OH is 1. The smallest absolute Gasteiger partial charge is 0.223 e. The Kier molecular flexibility index (Phi) is 4.76. The third-order valence-corrected chi connectivity index (χ3v) is 5.87. The van der Waals surface area contributed by atoms with Crippen LogP contribution in [0.2, 0.25) is 5.02 Å². The van der Waals surface area contributed by atoms with E-state index in [1.807, 2.05) is 18.4 Å². The molecule has 2 N–H and O–H groups in total. The number of ether oxygens (including phenoxy) is 2. The highest BCUT2D eigenvalue weighted by Gasteiger charge is 2.30. The van der Waals surface area contributed by atoms with Gasteiger partial charge in [-0.05, 0) is 26.3 Å². The standard InChI is InChI=1S/C20H21ClFN5O3/c1-9-7-30-19-11(5-13(22)17-18(19)27(9)10(2)24-17)16-12(21)6-23-20(26-16)25-14-3-4-29-8-15(14)28/h5-6,9,14-15,28H,3-4,7-8H2,1-2H3,(H,23,25,26)/t9-,14?,15+/m0/s1. The molecular formula is C20H21ClFN5O3. The molecule has 3 aromatic rings. The first-order chi connectivity index (χ1) is 14.4. The zero-order valence-corrected chi connectivity index (χ0v) is 17.3. The number of hydrogen-bond acceptors (Lipinski definition) is 7. The predicted octanol–water partition coefficient (Wildman–Crippen LogP) is 3.11. The van der Waals surface area contributed by atoms with Gasteiger partial charge in [-0.2, -0.15) is 0 Å². The molecule has 0 bridgehead atoms. The topological polar surface area (TPSA) is 94.3 Å². The molecule has 8 nitrogen and oxygen atoms in total. The number of halogens is 2. The van der Waals surface area contributed by atoms with Gasteiger partial charge in [0.2, 0.25) is 5.95 Å². The zero-order chi connectivity index (χ0) is 21.0. The number of imidazole rings is 1. The van der Waals surface area contributed by atoms with E-state index in [4.69, 9.17) is 21.1 Å². The minimum Gasteiger partial charge on any atom is -0.488 e. The lowest BCUT2D eigenvalue weighted by molar-refractivity contribution is -0.0136. The molecule has 1 fully saturated rings. The fourth-order valence-electron chi connectivity index (χ4n) is 4.14. The van der Waals surface area contributed by atoms with Crippen LogP contribution in [0.3, 0.4) is 0 Å². The Morgan fingerprint density at radius 2 is 2.17 bits per heavy atom. The van der Waals surface area contributed by atoms with Crippen molar-refractivity contribution in [1.82, 2.24) is 19.5 Å². The lowest BCUT2D eigenvalue weighted by Gasteiger charge is -2.28. The van der Waals surface area contributed by atoms with Gasteiger partial charge in [0, 0.05) is 12.2 Å². The van der Waals surface area contributed by atoms with E-state index in [0.717, 1.165) is 5.82 Å². The van der Waals surface area contributed by atoms with Crippen molar-refractivity contribution >= 4 is 28.6 Å². The summed E-state index contributed by atoms with van der Waals surface area (Å²) in [6.45, 7) is 5.07. The van der Waals surface area contributed by atoms with Crippen molar-refractivity contribution in [2.75, 3.05) is 25.1 Å². The molecule has 158 valence electrons. The lowest BCUT2D eigenvalue weighted by atomic mass is 10.1. The fraction of sp³-hybridized carbons (Fsp3) is 0.450. The number of benzene rings is 1. The minimum atomic E-state index is -0.668. The third-order valence-electron chi connectivity index (χ3n) is 5.59. The van der Waals surface area contributed by atoms with E-state index in [2.05, 4.69) is 20.3 Å². The summed E-state index contributed by atoms with van der Waals surface area (Å²) in [6, 6.07) is 1.14. The van der Waals surface area contributed by atoms with E-state index < -0.39 is 11.9 Å². The van der Waals surface area contributed by atoms with Gasteiger partial charge in [0.25, 0.3) is 0 Å². The number of rotatable bonds is 3. The Labute approximate surface area is 177 Å². The normalized spacial score (nSPS) is 23.4. The number of anilines is 1. The van der Waals surface area contributed by atoms with Crippen LogP contribution in [0.1, 0.15) is 25.2 Å². The number of aryl methyl sites for hydroxylation is 1. The molecule has 0 aliphatic carbocycles. The molecule has 5 rings (SSSR count). The summed E-state index contributed by atoms with van der Waals surface area (Å²) >= 11 is 6.40. The van der Waals surface area contributed by atoms with E-state index in [0.29, 0.717) is 48.1 Å². The van der Waals surface area contributed by atoms with Crippen molar-refractivity contribution in [3.05, 3.63) is 28.9 Å². The van der Waals surface area contributed by atoms with Crippen LogP contribution in [0.15, 0.2) is 12.3 Å². The molecule has 2 aliphatic rings. The van der Waals surface area contributed by atoms with Crippen LogP contribution in [0, 0.1) is 12.7 Å². The van der Waals surface area contributed by atoms with E-state index in [-0.39, 0.29) is 29.2 Å². The van der Waals surface area contributed by atoms with E-state index in [9.17, 15) is 9.50 Å². The van der Waals surface area contributed by atoms with Gasteiger partial charge < -0.3 is 24.5 Å². The second kappa shape index (κ2) is 7.33. The quantitative estimate of drug-likeness (QED) is 0.655. The van der Waals surface area contributed by atoms with Gasteiger partial charge in [0.15, 0.2) is 11.6 Å². The molecule has 30 heavy (non-hydrogen) atoms. The molecule has 1 aromatic carbocycles. The van der Waals surface area contributed by atoms with Crippen LogP contribution in [0.5, 0.6) is 5.75 Å². The van der Waals surface area contributed by atoms with Gasteiger partial charge in [-0.25, -0.2) is 19.3 Å². The average Bonchev–Trinajstić information content (AvgIpc) is 3.08. The van der Waals surface area contributed by atoms with Crippen LogP contribution in [-0.4, -0.2) is 56.6 Å². The molecule has 1 saturated heterocycles. The Bertz CT molecular complexity index is 1140. The van der Waals surface area contributed by atoms with Crippen molar-refractivity contribution in [2.45, 2.75) is 38.5 Å². The number of hydrogen-bond donors (Lipinski definition) is 2. The maximum Gasteiger partial charge on any atom is 0.223 e. The van der Waals surface area contributed by atoms with Crippen molar-refractivity contribution in [1.29, 1.82) is 0 Å². The number of nitrogens with one attached hydrogen (secondary N) is 1. The number of aromatic nitrogens is 4. The van der Waals surface area contributed by atoms with E-state index in [1.165, 1.54) is 12.3 Å². The van der Waals surface area contributed by atoms with Gasteiger partial charge >= 0.3 is 0 Å². The highest BCUT2D eigenvalue weighted by Crippen LogP contribution is 2.43. The molecule has 10 heteroatoms. The molecule has 2 aliphatic heterocycles. The average molecular weight is 434 g/mol. The van der Waals surface area contributed by atoms with Crippen molar-refractivity contribution < 1.29 is 19.0 Å². The Morgan fingerprint density at radius 3 is 2.97 bits per heavy atom. The second-order valence-electron chi connectivity index (χ2n) is 7.69. The summed E-state index contributed by atoms with van der Waals surface area (Å²) in [6.07, 6.45) is 1.41. The third kappa shape index (κ3) is 3.08. The molecule has 0 saturated carbocycles. The first kappa shape index (κ1) is 19.5. The van der Waals surface area contributed by atoms with Crippen molar-refractivity contribution in [3.63, 3.8) is 0 Å². The maximum absolute atomic E-state index is 15.0. The molecule has 1 unspecified atom stereocenters. The molecule has 0 radical (unpaired) electrons. The molecular weight excluding hydrogens is 413 g/mol. The molecule has 0 amide bonds. The summed E-state index contributed by atoms with van der Waals surface area (Å²) in [5.74, 6) is 1.06. The second-order valence-corrected chi connectivity index (χ2v) is 8.10. The summed E-state index contributed by atoms with van der Waals surface area (Å²) in [5.41, 5.74) is 1.67. The Balaban J connectivity index is 1.62. The van der Waals surface area contributed by atoms with Crippen LogP contribution in [-0.2, 0) is 4.74 Å². The zero-order valence-electron chi connectivity index (χ0n) is 16.5. The van der Waals surface area contributed by atoms with E-state index >= 15 is 0 Å². The maximum atomic E-state index is 15.0. The Hall–Kier alpha value is -2.49. The SMILES string of the molecule is Cc1nc2c(F)cc(-c3nc(NC4CCOC[C@H]4O)ncc3Cl)c3c2n1[C@@H](C)CO3.